The van der Waals surface area contributed by atoms with Gasteiger partial charge in [-0.2, -0.15) is 0 Å². The van der Waals surface area contributed by atoms with E-state index in [0.29, 0.717) is 11.7 Å². The highest BCUT2D eigenvalue weighted by Crippen LogP contribution is 2.38. The van der Waals surface area contributed by atoms with E-state index in [1.54, 1.807) is 0 Å². The first-order valence-corrected chi connectivity index (χ1v) is 16.1. The van der Waals surface area contributed by atoms with Gasteiger partial charge in [0.15, 0.2) is 0 Å². The molecule has 214 valence electrons. The minimum Gasteiger partial charge on any atom is -0.426 e. The SMILES string of the molecule is CCCCCCCCC1CCC(c2ccc(OC(=O)C(C)CCCc3ccc(-c4ccccc4)cc3)cc2)CC1. The summed E-state index contributed by atoms with van der Waals surface area (Å²) in [6.45, 7) is 4.27. The fourth-order valence-electron chi connectivity index (χ4n) is 6.25. The monoisotopic (exact) mass is 538 g/mol. The van der Waals surface area contributed by atoms with Crippen LogP contribution in [0.25, 0.3) is 11.1 Å². The second kappa shape index (κ2) is 16.4. The molecule has 0 N–H and O–H groups in total. The van der Waals surface area contributed by atoms with Gasteiger partial charge in [-0.1, -0.05) is 126 Å². The van der Waals surface area contributed by atoms with Crippen molar-refractivity contribution in [3.05, 3.63) is 90.0 Å². The number of aryl methyl sites for hydroxylation is 1. The lowest BCUT2D eigenvalue weighted by Gasteiger charge is -2.29. The molecule has 1 atom stereocenters. The summed E-state index contributed by atoms with van der Waals surface area (Å²) in [4.78, 5) is 12.7. The maximum Gasteiger partial charge on any atom is 0.314 e. The summed E-state index contributed by atoms with van der Waals surface area (Å²) in [5.41, 5.74) is 5.20. The van der Waals surface area contributed by atoms with Crippen LogP contribution in [-0.2, 0) is 11.2 Å². The highest BCUT2D eigenvalue weighted by atomic mass is 16.5. The van der Waals surface area contributed by atoms with Crippen molar-refractivity contribution in [3.63, 3.8) is 0 Å². The zero-order valence-corrected chi connectivity index (χ0v) is 25.0. The van der Waals surface area contributed by atoms with Crippen LogP contribution in [0.15, 0.2) is 78.9 Å². The second-order valence-corrected chi connectivity index (χ2v) is 12.1. The molecule has 1 aliphatic rings. The molecular formula is C38H50O2. The number of unbranched alkanes of at least 4 members (excludes halogenated alkanes) is 5. The van der Waals surface area contributed by atoms with Crippen molar-refractivity contribution in [2.75, 3.05) is 0 Å². The molecular weight excluding hydrogens is 488 g/mol. The highest BCUT2D eigenvalue weighted by molar-refractivity contribution is 5.74. The van der Waals surface area contributed by atoms with E-state index >= 15 is 0 Å². The molecule has 0 aliphatic heterocycles. The molecule has 4 rings (SSSR count). The van der Waals surface area contributed by atoms with Crippen LogP contribution in [0.4, 0.5) is 0 Å². The molecule has 1 aliphatic carbocycles. The summed E-state index contributed by atoms with van der Waals surface area (Å²) in [6.07, 6.45) is 17.9. The Morgan fingerprint density at radius 1 is 0.750 bits per heavy atom. The van der Waals surface area contributed by atoms with Gasteiger partial charge in [-0.05, 0) is 91.2 Å². The first-order chi connectivity index (χ1) is 19.6. The van der Waals surface area contributed by atoms with Crippen LogP contribution in [0.2, 0.25) is 0 Å². The predicted molar refractivity (Wildman–Crippen MR) is 169 cm³/mol. The second-order valence-electron chi connectivity index (χ2n) is 12.1. The van der Waals surface area contributed by atoms with E-state index in [4.69, 9.17) is 4.74 Å². The zero-order valence-electron chi connectivity index (χ0n) is 25.0. The van der Waals surface area contributed by atoms with Crippen molar-refractivity contribution < 1.29 is 9.53 Å². The number of esters is 1. The van der Waals surface area contributed by atoms with Crippen molar-refractivity contribution in [2.24, 2.45) is 11.8 Å². The molecule has 1 unspecified atom stereocenters. The highest BCUT2D eigenvalue weighted by Gasteiger charge is 2.22. The van der Waals surface area contributed by atoms with Gasteiger partial charge in [-0.3, -0.25) is 4.79 Å². The van der Waals surface area contributed by atoms with Crippen molar-refractivity contribution in [1.29, 1.82) is 0 Å². The van der Waals surface area contributed by atoms with Gasteiger partial charge in [-0.25, -0.2) is 0 Å². The molecule has 0 radical (unpaired) electrons. The van der Waals surface area contributed by atoms with Gasteiger partial charge in [0, 0.05) is 0 Å². The number of carbonyl (C=O) groups excluding carboxylic acids is 1. The Bertz CT molecular complexity index is 1110. The Morgan fingerprint density at radius 2 is 1.40 bits per heavy atom. The van der Waals surface area contributed by atoms with Gasteiger partial charge in [-0.15, -0.1) is 0 Å². The van der Waals surface area contributed by atoms with Gasteiger partial charge in [0.25, 0.3) is 0 Å². The van der Waals surface area contributed by atoms with Gasteiger partial charge in [0.05, 0.1) is 5.92 Å². The third-order valence-electron chi connectivity index (χ3n) is 8.95. The van der Waals surface area contributed by atoms with Crippen molar-refractivity contribution in [1.82, 2.24) is 0 Å². The quantitative estimate of drug-likeness (QED) is 0.109. The van der Waals surface area contributed by atoms with Crippen molar-refractivity contribution >= 4 is 5.97 Å². The van der Waals surface area contributed by atoms with Crippen LogP contribution < -0.4 is 4.74 Å². The van der Waals surface area contributed by atoms with E-state index in [1.165, 1.54) is 92.9 Å². The molecule has 0 aromatic heterocycles. The third-order valence-corrected chi connectivity index (χ3v) is 8.95. The predicted octanol–water partition coefficient (Wildman–Crippen LogP) is 10.9. The summed E-state index contributed by atoms with van der Waals surface area (Å²) >= 11 is 0. The number of hydrogen-bond acceptors (Lipinski definition) is 2. The Labute approximate surface area is 243 Å². The number of ether oxygens (including phenoxy) is 1. The maximum absolute atomic E-state index is 12.7. The topological polar surface area (TPSA) is 26.3 Å². The summed E-state index contributed by atoms with van der Waals surface area (Å²) in [6, 6.07) is 27.6. The Morgan fingerprint density at radius 3 is 2.10 bits per heavy atom. The molecule has 40 heavy (non-hydrogen) atoms. The van der Waals surface area contributed by atoms with E-state index < -0.39 is 0 Å². The van der Waals surface area contributed by atoms with Gasteiger partial charge in [0.1, 0.15) is 5.75 Å². The molecule has 1 saturated carbocycles. The number of rotatable bonds is 15. The van der Waals surface area contributed by atoms with Gasteiger partial charge >= 0.3 is 5.97 Å². The Hall–Kier alpha value is -2.87. The van der Waals surface area contributed by atoms with Crippen LogP contribution in [0.3, 0.4) is 0 Å². The average Bonchev–Trinajstić information content (AvgIpc) is 3.00. The minimum atomic E-state index is -0.123. The van der Waals surface area contributed by atoms with Crippen LogP contribution in [-0.4, -0.2) is 5.97 Å². The summed E-state index contributed by atoms with van der Waals surface area (Å²) < 4.78 is 5.74. The van der Waals surface area contributed by atoms with Crippen molar-refractivity contribution in [3.8, 4) is 16.9 Å². The van der Waals surface area contributed by atoms with Crippen LogP contribution in [0.5, 0.6) is 5.75 Å². The number of carbonyl (C=O) groups is 1. The van der Waals surface area contributed by atoms with Gasteiger partial charge < -0.3 is 4.74 Å². The first kappa shape index (κ1) is 30.1. The summed E-state index contributed by atoms with van der Waals surface area (Å²) in [5.74, 6) is 2.03. The zero-order chi connectivity index (χ0) is 28.0. The molecule has 3 aromatic rings. The molecule has 0 amide bonds. The molecule has 0 saturated heterocycles. The molecule has 2 nitrogen and oxygen atoms in total. The lowest BCUT2D eigenvalue weighted by Crippen LogP contribution is -2.18. The Balaban J connectivity index is 1.13. The molecule has 3 aromatic carbocycles. The molecule has 1 fully saturated rings. The van der Waals surface area contributed by atoms with Gasteiger partial charge in [0.2, 0.25) is 0 Å². The lowest BCUT2D eigenvalue weighted by atomic mass is 9.77. The van der Waals surface area contributed by atoms with Crippen LogP contribution in [0.1, 0.15) is 114 Å². The van der Waals surface area contributed by atoms with Crippen LogP contribution >= 0.6 is 0 Å². The smallest absolute Gasteiger partial charge is 0.314 e. The third kappa shape index (κ3) is 9.65. The first-order valence-electron chi connectivity index (χ1n) is 16.1. The lowest BCUT2D eigenvalue weighted by molar-refractivity contribution is -0.138. The molecule has 2 heteroatoms. The molecule has 0 spiro atoms. The summed E-state index contributed by atoms with van der Waals surface area (Å²) in [5, 5.41) is 0. The van der Waals surface area contributed by atoms with E-state index in [9.17, 15) is 4.79 Å². The minimum absolute atomic E-state index is 0.106. The maximum atomic E-state index is 12.7. The number of hydrogen-bond donors (Lipinski definition) is 0. The summed E-state index contributed by atoms with van der Waals surface area (Å²) in [7, 11) is 0. The fourth-order valence-corrected chi connectivity index (χ4v) is 6.25. The average molecular weight is 539 g/mol. The largest absolute Gasteiger partial charge is 0.426 e. The Kier molecular flexibility index (Phi) is 12.3. The molecule has 0 bridgehead atoms. The standard InChI is InChI=1S/C38H50O2/c1-3-4-5-6-7-9-14-31-18-24-35(25-19-31)36-26-28-37(29-27-36)40-38(39)30(2)13-12-15-32-20-22-34(23-21-32)33-16-10-8-11-17-33/h8,10-11,16-17,20-23,26-31,35H,3-7,9,12-15,18-19,24-25H2,1-2H3. The van der Waals surface area contributed by atoms with E-state index in [1.807, 2.05) is 25.1 Å². The van der Waals surface area contributed by atoms with Crippen molar-refractivity contribution in [2.45, 2.75) is 110 Å². The molecule has 0 heterocycles. The van der Waals surface area contributed by atoms with Crippen LogP contribution in [0, 0.1) is 11.8 Å². The van der Waals surface area contributed by atoms with E-state index in [2.05, 4.69) is 67.6 Å². The van der Waals surface area contributed by atoms with E-state index in [0.717, 1.165) is 25.2 Å². The van der Waals surface area contributed by atoms with E-state index in [-0.39, 0.29) is 11.9 Å². The normalized spacial score (nSPS) is 17.9. The fraction of sp³-hybridized carbons (Fsp3) is 0.500. The number of benzene rings is 3.